The zero-order chi connectivity index (χ0) is 22.3. The van der Waals surface area contributed by atoms with Crippen molar-refractivity contribution >= 4 is 37.3 Å². The Morgan fingerprint density at radius 2 is 2.00 bits per heavy atom. The summed E-state index contributed by atoms with van der Waals surface area (Å²) in [6.07, 6.45) is 4.25. The van der Waals surface area contributed by atoms with E-state index in [0.717, 1.165) is 6.07 Å². The van der Waals surface area contributed by atoms with Crippen LogP contribution in [0.3, 0.4) is 0 Å². The fraction of sp³-hybridized carbons (Fsp3) is 0.250. The summed E-state index contributed by atoms with van der Waals surface area (Å²) in [5, 5.41) is 2.26. The predicted octanol–water partition coefficient (Wildman–Crippen LogP) is 1.42. The van der Waals surface area contributed by atoms with Gasteiger partial charge in [-0.3, -0.25) is 4.79 Å². The van der Waals surface area contributed by atoms with Crippen LogP contribution in [0.5, 0.6) is 5.75 Å². The lowest BCUT2D eigenvalue weighted by Crippen LogP contribution is -2.40. The predicted molar refractivity (Wildman–Crippen MR) is 100 cm³/mol. The highest BCUT2D eigenvalue weighted by molar-refractivity contribution is 7.92. The smallest absolute Gasteiger partial charge is 0.495 e. The molecule has 30 heavy (non-hydrogen) atoms. The molecule has 0 bridgehead atoms. The normalized spacial score (nSPS) is 18.2. The number of ether oxygens (including phenoxy) is 1. The van der Waals surface area contributed by atoms with Crippen molar-refractivity contribution in [3.05, 3.63) is 42.1 Å². The summed E-state index contributed by atoms with van der Waals surface area (Å²) in [6, 6.07) is 2.26. The average molecular weight is 465 g/mol. The van der Waals surface area contributed by atoms with Gasteiger partial charge in [0.25, 0.3) is 25.8 Å². The Morgan fingerprint density at radius 3 is 2.63 bits per heavy atom. The van der Waals surface area contributed by atoms with Crippen molar-refractivity contribution in [3.63, 3.8) is 0 Å². The number of amidine groups is 1. The van der Waals surface area contributed by atoms with E-state index < -0.39 is 36.2 Å². The van der Waals surface area contributed by atoms with Crippen LogP contribution in [-0.4, -0.2) is 58.4 Å². The molecule has 1 amide bonds. The molecule has 0 spiro atoms. The number of hydrogen-bond donors (Lipinski definition) is 1. The molecule has 0 aliphatic carbocycles. The van der Waals surface area contributed by atoms with Gasteiger partial charge in [-0.2, -0.15) is 13.2 Å². The SMILES string of the molecule is COc1ccc(S(=O)(=O)C(F)(F)F)cc1NC(=O)C1=CC=CN2CCS(=O)(=O)N=C12. The minimum absolute atomic E-state index is 0.0604. The molecular weight excluding hydrogens is 451 g/mol. The van der Waals surface area contributed by atoms with Gasteiger partial charge in [-0.15, -0.1) is 4.40 Å². The molecule has 162 valence electrons. The molecule has 0 unspecified atom stereocenters. The highest BCUT2D eigenvalue weighted by atomic mass is 32.2. The zero-order valence-corrected chi connectivity index (χ0v) is 16.8. The Hall–Kier alpha value is -2.87. The minimum atomic E-state index is -5.66. The van der Waals surface area contributed by atoms with Crippen molar-refractivity contribution in [3.8, 4) is 5.75 Å². The number of methoxy groups -OCH3 is 1. The van der Waals surface area contributed by atoms with Crippen LogP contribution in [0.4, 0.5) is 18.9 Å². The summed E-state index contributed by atoms with van der Waals surface area (Å²) in [6.45, 7) is 0.0604. The number of nitrogens with zero attached hydrogens (tertiary/aromatic N) is 2. The summed E-state index contributed by atoms with van der Waals surface area (Å²) < 4.78 is 94.0. The first-order chi connectivity index (χ1) is 13.9. The van der Waals surface area contributed by atoms with Gasteiger partial charge in [-0.05, 0) is 30.4 Å². The number of rotatable bonds is 4. The fourth-order valence-electron chi connectivity index (χ4n) is 2.67. The molecule has 0 fully saturated rings. The van der Waals surface area contributed by atoms with Crippen LogP contribution in [-0.2, 0) is 24.7 Å². The summed E-state index contributed by atoms with van der Waals surface area (Å²) in [7, 11) is -8.28. The minimum Gasteiger partial charge on any atom is -0.495 e. The second kappa shape index (κ2) is 7.43. The van der Waals surface area contributed by atoms with Crippen molar-refractivity contribution in [2.45, 2.75) is 10.4 Å². The van der Waals surface area contributed by atoms with E-state index in [1.807, 2.05) is 0 Å². The van der Waals surface area contributed by atoms with Gasteiger partial charge < -0.3 is 15.0 Å². The number of nitrogens with one attached hydrogen (secondary N) is 1. The molecule has 2 aliphatic heterocycles. The van der Waals surface area contributed by atoms with Gasteiger partial charge in [-0.1, -0.05) is 0 Å². The number of allylic oxidation sites excluding steroid dienone is 2. The van der Waals surface area contributed by atoms with Crippen LogP contribution in [0, 0.1) is 0 Å². The molecule has 1 aromatic rings. The third-order valence-corrected chi connectivity index (χ3v) is 6.77. The van der Waals surface area contributed by atoms with Gasteiger partial charge in [0, 0.05) is 12.7 Å². The highest BCUT2D eigenvalue weighted by Gasteiger charge is 2.47. The summed E-state index contributed by atoms with van der Waals surface area (Å²) in [4.78, 5) is 13.1. The monoisotopic (exact) mass is 465 g/mol. The van der Waals surface area contributed by atoms with Crippen LogP contribution >= 0.6 is 0 Å². The van der Waals surface area contributed by atoms with Gasteiger partial charge in [-0.25, -0.2) is 16.8 Å². The molecule has 0 radical (unpaired) electrons. The van der Waals surface area contributed by atoms with Crippen molar-refractivity contribution in [1.29, 1.82) is 0 Å². The molecule has 3 rings (SSSR count). The second-order valence-corrected chi connectivity index (χ2v) is 9.78. The molecule has 2 aliphatic rings. The van der Waals surface area contributed by atoms with Crippen molar-refractivity contribution in [2.24, 2.45) is 4.40 Å². The Bertz CT molecular complexity index is 1200. The molecule has 0 aromatic heterocycles. The first-order valence-corrected chi connectivity index (χ1v) is 11.2. The zero-order valence-electron chi connectivity index (χ0n) is 15.2. The fourth-order valence-corrected chi connectivity index (χ4v) is 4.44. The average Bonchev–Trinajstić information content (AvgIpc) is 2.65. The van der Waals surface area contributed by atoms with Crippen LogP contribution in [0.1, 0.15) is 0 Å². The number of benzene rings is 1. The maximum atomic E-state index is 12.8. The Kier molecular flexibility index (Phi) is 5.41. The topological polar surface area (TPSA) is 122 Å². The van der Waals surface area contributed by atoms with Crippen molar-refractivity contribution in [2.75, 3.05) is 24.7 Å². The van der Waals surface area contributed by atoms with Gasteiger partial charge in [0.1, 0.15) is 5.75 Å². The van der Waals surface area contributed by atoms with Crippen molar-refractivity contribution < 1.29 is 39.5 Å². The summed E-state index contributed by atoms with van der Waals surface area (Å²) in [5.74, 6) is -1.42. The number of sulfonamides is 1. The number of amides is 1. The van der Waals surface area contributed by atoms with E-state index in [-0.39, 0.29) is 35.1 Å². The highest BCUT2D eigenvalue weighted by Crippen LogP contribution is 2.35. The molecule has 0 atom stereocenters. The van der Waals surface area contributed by atoms with Gasteiger partial charge >= 0.3 is 5.51 Å². The van der Waals surface area contributed by atoms with Crippen LogP contribution in [0.15, 0.2) is 51.4 Å². The van der Waals surface area contributed by atoms with E-state index in [4.69, 9.17) is 4.74 Å². The lowest BCUT2D eigenvalue weighted by molar-refractivity contribution is -0.112. The Balaban J connectivity index is 1.99. The lowest BCUT2D eigenvalue weighted by atomic mass is 10.1. The van der Waals surface area contributed by atoms with Gasteiger partial charge in [0.15, 0.2) is 5.84 Å². The number of hydrogen-bond acceptors (Lipinski definition) is 7. The number of fused-ring (bicyclic) bond motifs is 1. The number of halogens is 3. The molecule has 1 aromatic carbocycles. The molecule has 0 saturated carbocycles. The number of carbonyl (C=O) groups is 1. The first-order valence-electron chi connectivity index (χ1n) is 8.14. The quantitative estimate of drug-likeness (QED) is 0.714. The number of alkyl halides is 3. The summed E-state index contributed by atoms with van der Waals surface area (Å²) in [5.41, 5.74) is -6.06. The summed E-state index contributed by atoms with van der Waals surface area (Å²) >= 11 is 0. The van der Waals surface area contributed by atoms with Crippen LogP contribution in [0.2, 0.25) is 0 Å². The van der Waals surface area contributed by atoms with Gasteiger partial charge in [0.05, 0.1) is 29.0 Å². The van der Waals surface area contributed by atoms with E-state index in [1.54, 1.807) is 0 Å². The van der Waals surface area contributed by atoms with Crippen LogP contribution < -0.4 is 10.1 Å². The molecular formula is C16H14F3N3O6S2. The number of anilines is 1. The van der Waals surface area contributed by atoms with E-state index in [1.165, 1.54) is 30.4 Å². The number of carbonyl (C=O) groups excluding carboxylic acids is 1. The molecule has 9 nitrogen and oxygen atoms in total. The third kappa shape index (κ3) is 4.05. The standard InChI is InChI=1S/C16H14F3N3O6S2/c1-28-13-5-4-10(30(26,27)16(17,18)19)9-12(13)20-15(23)11-3-2-6-22-7-8-29(24,25)21-14(11)22/h2-6,9H,7-8H2,1H3,(H,20,23). The van der Waals surface area contributed by atoms with Gasteiger partial charge in [0.2, 0.25) is 0 Å². The number of sulfone groups is 1. The molecule has 2 heterocycles. The van der Waals surface area contributed by atoms with Crippen molar-refractivity contribution in [1.82, 2.24) is 4.90 Å². The second-order valence-electron chi connectivity index (χ2n) is 6.08. The van der Waals surface area contributed by atoms with Crippen LogP contribution in [0.25, 0.3) is 0 Å². The first kappa shape index (κ1) is 21.8. The van der Waals surface area contributed by atoms with E-state index in [9.17, 15) is 34.8 Å². The third-order valence-electron chi connectivity index (χ3n) is 4.14. The Morgan fingerprint density at radius 1 is 1.30 bits per heavy atom. The van der Waals surface area contributed by atoms with E-state index >= 15 is 0 Å². The molecule has 1 N–H and O–H groups in total. The maximum absolute atomic E-state index is 12.8. The Labute approximate surface area is 169 Å². The lowest BCUT2D eigenvalue weighted by Gasteiger charge is -2.28. The van der Waals surface area contributed by atoms with E-state index in [0.29, 0.717) is 12.1 Å². The molecule has 14 heteroatoms. The molecule has 0 saturated heterocycles. The maximum Gasteiger partial charge on any atom is 0.501 e. The van der Waals surface area contributed by atoms with E-state index in [2.05, 4.69) is 9.71 Å². The largest absolute Gasteiger partial charge is 0.501 e.